The van der Waals surface area contributed by atoms with Crippen molar-refractivity contribution in [3.8, 4) is 11.1 Å². The summed E-state index contributed by atoms with van der Waals surface area (Å²) in [5.41, 5.74) is 7.64. The summed E-state index contributed by atoms with van der Waals surface area (Å²) in [6.07, 6.45) is 1.04. The molecule has 5 heteroatoms. The van der Waals surface area contributed by atoms with Crippen LogP contribution in [-0.4, -0.2) is 12.0 Å². The summed E-state index contributed by atoms with van der Waals surface area (Å²) in [6, 6.07) is 8.69. The molecule has 0 atom stereocenters. The van der Waals surface area contributed by atoms with E-state index >= 15 is 0 Å². The lowest BCUT2D eigenvalue weighted by molar-refractivity contribution is -0.141. The van der Waals surface area contributed by atoms with E-state index in [1.807, 2.05) is 12.1 Å². The Kier molecular flexibility index (Phi) is 5.19. The van der Waals surface area contributed by atoms with E-state index in [1.165, 1.54) is 24.4 Å². The molecule has 0 radical (unpaired) electrons. The molecule has 118 valence electrons. The maximum Gasteiger partial charge on any atom is 0.433 e. The van der Waals surface area contributed by atoms with E-state index in [1.54, 1.807) is 6.07 Å². The molecule has 1 heterocycles. The molecule has 2 nitrogen and oxygen atoms in total. The number of rotatable bonds is 1. The van der Waals surface area contributed by atoms with Gasteiger partial charge in [0.15, 0.2) is 0 Å². The number of benzene rings is 1. The Balaban J connectivity index is 0.000000847. The smallest absolute Gasteiger partial charge is 0.333 e. The number of nitrogens with zero attached hydrogens (tertiary/aromatic N) is 1. The summed E-state index contributed by atoms with van der Waals surface area (Å²) < 4.78 is 38.3. The number of nitrogens with two attached hydrogens (primary N) is 1. The summed E-state index contributed by atoms with van der Waals surface area (Å²) in [5, 5.41) is 0. The molecule has 0 saturated carbocycles. The number of aromatic nitrogens is 1. The van der Waals surface area contributed by atoms with Crippen molar-refractivity contribution < 1.29 is 13.2 Å². The Morgan fingerprint density at radius 3 is 2.50 bits per heavy atom. The van der Waals surface area contributed by atoms with E-state index in [9.17, 15) is 13.2 Å². The van der Waals surface area contributed by atoms with Gasteiger partial charge in [-0.05, 0) is 67.1 Å². The SMILES string of the molecule is CN.FC(F)(F)c1cc(-c2cccc3c2CCCC3)ccn1. The number of hydrogen-bond acceptors (Lipinski definition) is 2. The predicted molar refractivity (Wildman–Crippen MR) is 81.4 cm³/mol. The van der Waals surface area contributed by atoms with E-state index in [-0.39, 0.29) is 0 Å². The zero-order chi connectivity index (χ0) is 16.2. The summed E-state index contributed by atoms with van der Waals surface area (Å²) in [7, 11) is 1.50. The standard InChI is InChI=1S/C16H14F3N.CH5N/c17-16(18,19)15-10-12(8-9-20-15)14-7-3-5-11-4-1-2-6-13(11)14;1-2/h3,5,7-10H,1-2,4,6H2;2H2,1H3. The van der Waals surface area contributed by atoms with Gasteiger partial charge in [-0.25, -0.2) is 0 Å². The third-order valence-electron chi connectivity index (χ3n) is 3.76. The first kappa shape index (κ1) is 16.5. The van der Waals surface area contributed by atoms with Gasteiger partial charge in [-0.2, -0.15) is 13.2 Å². The van der Waals surface area contributed by atoms with Gasteiger partial charge in [-0.1, -0.05) is 18.2 Å². The molecule has 2 aromatic rings. The molecular formula is C17H19F3N2. The fraction of sp³-hybridized carbons (Fsp3) is 0.353. The van der Waals surface area contributed by atoms with Crippen LogP contribution in [0, 0.1) is 0 Å². The summed E-state index contributed by atoms with van der Waals surface area (Å²) in [6.45, 7) is 0. The van der Waals surface area contributed by atoms with Crippen LogP contribution >= 0.6 is 0 Å². The normalized spacial score (nSPS) is 13.9. The molecule has 0 unspecified atom stereocenters. The molecular weight excluding hydrogens is 289 g/mol. The molecule has 1 aromatic heterocycles. The van der Waals surface area contributed by atoms with Crippen molar-refractivity contribution in [1.29, 1.82) is 0 Å². The van der Waals surface area contributed by atoms with Crippen LogP contribution in [-0.2, 0) is 19.0 Å². The molecule has 2 N–H and O–H groups in total. The van der Waals surface area contributed by atoms with Crippen molar-refractivity contribution in [1.82, 2.24) is 4.98 Å². The second-order valence-corrected chi connectivity index (χ2v) is 5.08. The molecule has 1 aliphatic carbocycles. The van der Waals surface area contributed by atoms with E-state index in [0.717, 1.165) is 37.3 Å². The number of hydrogen-bond donors (Lipinski definition) is 1. The maximum atomic E-state index is 12.8. The summed E-state index contributed by atoms with van der Waals surface area (Å²) in [4.78, 5) is 3.42. The van der Waals surface area contributed by atoms with Crippen LogP contribution in [0.3, 0.4) is 0 Å². The molecule has 0 saturated heterocycles. The maximum absolute atomic E-state index is 12.8. The third kappa shape index (κ3) is 3.47. The van der Waals surface area contributed by atoms with Crippen LogP contribution in [0.5, 0.6) is 0 Å². The van der Waals surface area contributed by atoms with Gasteiger partial charge in [0.25, 0.3) is 0 Å². The van der Waals surface area contributed by atoms with Gasteiger partial charge in [0.05, 0.1) is 0 Å². The molecule has 0 bridgehead atoms. The Morgan fingerprint density at radius 2 is 1.77 bits per heavy atom. The molecule has 0 fully saturated rings. The van der Waals surface area contributed by atoms with Crippen molar-refractivity contribution in [2.24, 2.45) is 5.73 Å². The second-order valence-electron chi connectivity index (χ2n) is 5.08. The number of fused-ring (bicyclic) bond motifs is 1. The van der Waals surface area contributed by atoms with E-state index < -0.39 is 11.9 Å². The Labute approximate surface area is 128 Å². The number of alkyl halides is 3. The molecule has 3 rings (SSSR count). The summed E-state index contributed by atoms with van der Waals surface area (Å²) >= 11 is 0. The molecule has 22 heavy (non-hydrogen) atoms. The van der Waals surface area contributed by atoms with Crippen LogP contribution < -0.4 is 5.73 Å². The van der Waals surface area contributed by atoms with Crippen molar-refractivity contribution >= 4 is 0 Å². The lowest BCUT2D eigenvalue weighted by Gasteiger charge is -2.19. The average molecular weight is 308 g/mol. The molecule has 1 aromatic carbocycles. The van der Waals surface area contributed by atoms with Crippen molar-refractivity contribution in [3.63, 3.8) is 0 Å². The van der Waals surface area contributed by atoms with E-state index in [2.05, 4.69) is 16.8 Å². The fourth-order valence-electron chi connectivity index (χ4n) is 2.80. The predicted octanol–water partition coefficient (Wildman–Crippen LogP) is 4.22. The van der Waals surface area contributed by atoms with Crippen LogP contribution in [0.4, 0.5) is 13.2 Å². The third-order valence-corrected chi connectivity index (χ3v) is 3.76. The number of halogens is 3. The van der Waals surface area contributed by atoms with Crippen LogP contribution in [0.1, 0.15) is 29.7 Å². The Morgan fingerprint density at radius 1 is 1.05 bits per heavy atom. The highest BCUT2D eigenvalue weighted by Crippen LogP contribution is 2.34. The average Bonchev–Trinajstić information content (AvgIpc) is 2.55. The van der Waals surface area contributed by atoms with Gasteiger partial charge in [0.2, 0.25) is 0 Å². The van der Waals surface area contributed by atoms with Gasteiger partial charge in [-0.15, -0.1) is 0 Å². The Hall–Kier alpha value is -1.88. The minimum absolute atomic E-state index is 0.603. The quantitative estimate of drug-likeness (QED) is 0.856. The lowest BCUT2D eigenvalue weighted by Crippen LogP contribution is -2.08. The first-order valence-corrected chi connectivity index (χ1v) is 7.28. The van der Waals surface area contributed by atoms with Crippen LogP contribution in [0.15, 0.2) is 36.5 Å². The van der Waals surface area contributed by atoms with Crippen molar-refractivity contribution in [2.75, 3.05) is 7.05 Å². The highest BCUT2D eigenvalue weighted by Gasteiger charge is 2.32. The van der Waals surface area contributed by atoms with Crippen LogP contribution in [0.2, 0.25) is 0 Å². The molecule has 1 aliphatic rings. The monoisotopic (exact) mass is 308 g/mol. The topological polar surface area (TPSA) is 38.9 Å². The number of pyridine rings is 1. The first-order chi connectivity index (χ1) is 10.6. The highest BCUT2D eigenvalue weighted by atomic mass is 19.4. The number of aryl methyl sites for hydroxylation is 1. The minimum Gasteiger partial charge on any atom is -0.333 e. The van der Waals surface area contributed by atoms with Crippen molar-refractivity contribution in [3.05, 3.63) is 53.3 Å². The van der Waals surface area contributed by atoms with Gasteiger partial charge in [0.1, 0.15) is 5.69 Å². The zero-order valence-corrected chi connectivity index (χ0v) is 12.5. The fourth-order valence-corrected chi connectivity index (χ4v) is 2.80. The lowest BCUT2D eigenvalue weighted by atomic mass is 9.86. The summed E-state index contributed by atoms with van der Waals surface area (Å²) in [5.74, 6) is 0. The van der Waals surface area contributed by atoms with Crippen molar-refractivity contribution in [2.45, 2.75) is 31.9 Å². The zero-order valence-electron chi connectivity index (χ0n) is 12.5. The van der Waals surface area contributed by atoms with Gasteiger partial charge >= 0.3 is 6.18 Å². The van der Waals surface area contributed by atoms with Gasteiger partial charge in [0, 0.05) is 6.20 Å². The largest absolute Gasteiger partial charge is 0.433 e. The van der Waals surface area contributed by atoms with E-state index in [4.69, 9.17) is 0 Å². The second kappa shape index (κ2) is 6.92. The molecule has 0 spiro atoms. The van der Waals surface area contributed by atoms with Crippen LogP contribution in [0.25, 0.3) is 11.1 Å². The molecule has 0 amide bonds. The van der Waals surface area contributed by atoms with E-state index in [0.29, 0.717) is 5.56 Å². The van der Waals surface area contributed by atoms with Gasteiger partial charge < -0.3 is 5.73 Å². The Bertz CT molecular complexity index is 636. The minimum atomic E-state index is -4.40. The molecule has 0 aliphatic heterocycles. The first-order valence-electron chi connectivity index (χ1n) is 7.28. The van der Waals surface area contributed by atoms with Gasteiger partial charge in [-0.3, -0.25) is 4.98 Å². The highest BCUT2D eigenvalue weighted by molar-refractivity contribution is 5.69.